The largest absolute Gasteiger partial charge is 0.394 e. The molecule has 3 aliphatic rings. The van der Waals surface area contributed by atoms with Crippen molar-refractivity contribution in [2.45, 2.75) is 75.0 Å². The molecule has 198 valence electrons. The second kappa shape index (κ2) is 12.7. The third-order valence-corrected chi connectivity index (χ3v) is 6.90. The number of carbonyl (C=O) groups is 4. The number of carbonyl (C=O) groups excluding carboxylic acids is 4. The van der Waals surface area contributed by atoms with Crippen molar-refractivity contribution in [2.24, 2.45) is 5.92 Å². The lowest BCUT2D eigenvalue weighted by molar-refractivity contribution is -0.299. The Morgan fingerprint density at radius 3 is 2.46 bits per heavy atom. The number of aliphatic hydroxyl groups excluding tert-OH is 4. The van der Waals surface area contributed by atoms with Crippen LogP contribution in [0.2, 0.25) is 0 Å². The molecule has 5 N–H and O–H groups in total. The normalized spacial score (nSPS) is 34.0. The second-order valence-corrected chi connectivity index (χ2v) is 9.24. The highest BCUT2D eigenvalue weighted by Gasteiger charge is 2.48. The first kappa shape index (κ1) is 27.4. The Bertz CT molecular complexity index is 747. The zero-order valence-electron chi connectivity index (χ0n) is 19.5. The van der Waals surface area contributed by atoms with Gasteiger partial charge in [-0.25, -0.2) is 4.79 Å². The summed E-state index contributed by atoms with van der Waals surface area (Å²) in [5.74, 6) is -0.305. The molecule has 0 saturated carbocycles. The van der Waals surface area contributed by atoms with Crippen LogP contribution in [-0.2, 0) is 23.9 Å². The van der Waals surface area contributed by atoms with E-state index in [9.17, 15) is 39.6 Å². The zero-order chi connectivity index (χ0) is 25.5. The molecule has 3 aliphatic heterocycles. The van der Waals surface area contributed by atoms with Crippen molar-refractivity contribution in [3.05, 3.63) is 0 Å². The maximum Gasteiger partial charge on any atom is 0.320 e. The van der Waals surface area contributed by atoms with Crippen molar-refractivity contribution >= 4 is 24.5 Å². The first-order chi connectivity index (χ1) is 16.8. The van der Waals surface area contributed by atoms with Crippen LogP contribution in [0.15, 0.2) is 0 Å². The fourth-order valence-electron chi connectivity index (χ4n) is 4.86. The van der Waals surface area contributed by atoms with Gasteiger partial charge in [0.2, 0.25) is 6.41 Å². The number of likely N-dealkylation sites (tertiary alicyclic amines) is 2. The van der Waals surface area contributed by atoms with E-state index in [4.69, 9.17) is 9.47 Å². The van der Waals surface area contributed by atoms with Crippen LogP contribution < -0.4 is 5.32 Å². The van der Waals surface area contributed by atoms with E-state index < -0.39 is 49.5 Å². The highest BCUT2D eigenvalue weighted by Crippen LogP contribution is 2.30. The molecule has 0 radical (unpaired) electrons. The number of Topliss-reactive ketones (excluding diaryl/α,β-unsaturated/α-hetero) is 1. The Morgan fingerprint density at radius 1 is 1.11 bits per heavy atom. The smallest absolute Gasteiger partial charge is 0.320 e. The molecule has 13 nitrogen and oxygen atoms in total. The number of nitrogens with zero attached hydrogens (tertiary/aromatic N) is 2. The molecule has 0 aromatic carbocycles. The summed E-state index contributed by atoms with van der Waals surface area (Å²) >= 11 is 0. The van der Waals surface area contributed by atoms with Gasteiger partial charge in [-0.15, -0.1) is 0 Å². The summed E-state index contributed by atoms with van der Waals surface area (Å²) in [5, 5.41) is 42.5. The number of amides is 3. The first-order valence-corrected chi connectivity index (χ1v) is 12.0. The molecule has 3 amide bonds. The van der Waals surface area contributed by atoms with Crippen LogP contribution in [0.25, 0.3) is 0 Å². The van der Waals surface area contributed by atoms with E-state index in [1.165, 1.54) is 4.90 Å². The topological polar surface area (TPSA) is 186 Å². The van der Waals surface area contributed by atoms with Crippen molar-refractivity contribution in [1.82, 2.24) is 15.1 Å². The van der Waals surface area contributed by atoms with Gasteiger partial charge in [0.05, 0.1) is 18.8 Å². The molecule has 0 unspecified atom stereocenters. The van der Waals surface area contributed by atoms with E-state index >= 15 is 0 Å². The quantitative estimate of drug-likeness (QED) is 0.157. The average molecular weight is 502 g/mol. The summed E-state index contributed by atoms with van der Waals surface area (Å²) in [6, 6.07) is -1.16. The fraction of sp³-hybridized carbons (Fsp3) is 0.818. The molecule has 0 bridgehead atoms. The van der Waals surface area contributed by atoms with Crippen LogP contribution >= 0.6 is 0 Å². The summed E-state index contributed by atoms with van der Waals surface area (Å²) in [5.41, 5.74) is 0. The average Bonchev–Trinajstić information content (AvgIpc) is 3.30. The maximum absolute atomic E-state index is 13.3. The number of urea groups is 1. The lowest BCUT2D eigenvalue weighted by atomic mass is 9.98. The summed E-state index contributed by atoms with van der Waals surface area (Å²) in [6.07, 6.45) is -4.75. The molecular weight excluding hydrogens is 466 g/mol. The van der Waals surface area contributed by atoms with Crippen molar-refractivity contribution in [3.8, 4) is 0 Å². The van der Waals surface area contributed by atoms with Gasteiger partial charge in [0.25, 0.3) is 0 Å². The van der Waals surface area contributed by atoms with E-state index in [1.54, 1.807) is 4.90 Å². The van der Waals surface area contributed by atoms with Gasteiger partial charge in [-0.1, -0.05) is 0 Å². The van der Waals surface area contributed by atoms with E-state index in [0.29, 0.717) is 45.3 Å². The number of rotatable bonds is 10. The third-order valence-electron chi connectivity index (χ3n) is 6.90. The van der Waals surface area contributed by atoms with Crippen LogP contribution in [0.5, 0.6) is 0 Å². The number of hydrogen-bond donors (Lipinski definition) is 5. The van der Waals surface area contributed by atoms with Gasteiger partial charge in [0, 0.05) is 44.9 Å². The molecule has 0 aliphatic carbocycles. The maximum atomic E-state index is 13.3. The minimum Gasteiger partial charge on any atom is -0.394 e. The van der Waals surface area contributed by atoms with E-state index in [1.807, 2.05) is 0 Å². The number of aldehydes is 1. The third kappa shape index (κ3) is 6.54. The summed E-state index contributed by atoms with van der Waals surface area (Å²) < 4.78 is 10.9. The summed E-state index contributed by atoms with van der Waals surface area (Å²) in [7, 11) is 0. The van der Waals surface area contributed by atoms with Gasteiger partial charge in [-0.05, 0) is 19.3 Å². The lowest BCUT2D eigenvalue weighted by Gasteiger charge is -2.41. The number of ether oxygens (including phenoxy) is 2. The highest BCUT2D eigenvalue weighted by atomic mass is 16.6. The van der Waals surface area contributed by atoms with Gasteiger partial charge in [0.1, 0.15) is 30.7 Å². The molecule has 13 heteroatoms. The number of hydrogen-bond acceptors (Lipinski definition) is 10. The molecule has 3 saturated heterocycles. The zero-order valence-corrected chi connectivity index (χ0v) is 19.5. The number of nitrogens with one attached hydrogen (secondary N) is 1. The Morgan fingerprint density at radius 2 is 1.83 bits per heavy atom. The molecule has 3 rings (SSSR count). The van der Waals surface area contributed by atoms with Gasteiger partial charge in [0.15, 0.2) is 12.1 Å². The van der Waals surface area contributed by atoms with E-state index in [0.717, 1.165) is 6.29 Å². The van der Waals surface area contributed by atoms with Crippen molar-refractivity contribution in [3.63, 3.8) is 0 Å². The van der Waals surface area contributed by atoms with Gasteiger partial charge < -0.3 is 49.8 Å². The Hall–Kier alpha value is -2.16. The number of ketones is 1. The Kier molecular flexibility index (Phi) is 9.95. The van der Waals surface area contributed by atoms with Gasteiger partial charge in [-0.3, -0.25) is 9.59 Å². The number of aliphatic hydroxyl groups is 4. The van der Waals surface area contributed by atoms with Gasteiger partial charge >= 0.3 is 6.03 Å². The molecule has 0 spiro atoms. The molecule has 0 aromatic heterocycles. The SMILES string of the molecule is O=CNCCCC(=O)[C@H]1C[C@H](O[C@@H]2[C@@H](O)[C@H](O)O[C@@H](CO)[C@H]2O)CN1C(=O)N1CCC(C=O)CC1. The van der Waals surface area contributed by atoms with E-state index in [2.05, 4.69) is 5.32 Å². The van der Waals surface area contributed by atoms with Crippen molar-refractivity contribution < 1.29 is 49.1 Å². The lowest BCUT2D eigenvalue weighted by Crippen LogP contribution is -2.60. The summed E-state index contributed by atoms with van der Waals surface area (Å²) in [6.45, 7) is 0.501. The monoisotopic (exact) mass is 501 g/mol. The van der Waals surface area contributed by atoms with Crippen LogP contribution in [0.4, 0.5) is 4.79 Å². The fourth-order valence-corrected chi connectivity index (χ4v) is 4.86. The number of piperidine rings is 1. The molecule has 3 heterocycles. The minimum absolute atomic E-state index is 0.0200. The second-order valence-electron chi connectivity index (χ2n) is 9.24. The van der Waals surface area contributed by atoms with Gasteiger partial charge in [-0.2, -0.15) is 0 Å². The Labute approximate surface area is 203 Å². The predicted octanol–water partition coefficient (Wildman–Crippen LogP) is -2.63. The minimum atomic E-state index is -1.68. The predicted molar refractivity (Wildman–Crippen MR) is 118 cm³/mol. The molecule has 3 fully saturated rings. The van der Waals surface area contributed by atoms with Crippen molar-refractivity contribution in [1.29, 1.82) is 0 Å². The van der Waals surface area contributed by atoms with Crippen LogP contribution in [0.3, 0.4) is 0 Å². The first-order valence-electron chi connectivity index (χ1n) is 12.0. The molecule has 35 heavy (non-hydrogen) atoms. The van der Waals surface area contributed by atoms with Crippen LogP contribution in [0, 0.1) is 5.92 Å². The standard InChI is InChI=1S/C22H35N3O10/c26-10-13-3-6-24(7-4-13)22(33)25-9-14(8-15(25)16(29)2-1-5-23-12-28)34-20-18(30)17(11-27)35-21(32)19(20)31/h10,12-15,17-21,27,30-32H,1-9,11H2,(H,23,28)/t14-,15+,17-,18+,19+,20-,21+/m0/s1. The molecule has 7 atom stereocenters. The van der Waals surface area contributed by atoms with E-state index in [-0.39, 0.29) is 37.1 Å². The van der Waals surface area contributed by atoms with Crippen molar-refractivity contribution in [2.75, 3.05) is 32.8 Å². The summed E-state index contributed by atoms with van der Waals surface area (Å²) in [4.78, 5) is 50.8. The molecular formula is C22H35N3O10. The van der Waals surface area contributed by atoms with Crippen LogP contribution in [0.1, 0.15) is 32.1 Å². The highest BCUT2D eigenvalue weighted by molar-refractivity contribution is 5.89. The molecule has 0 aromatic rings. The van der Waals surface area contributed by atoms with Crippen LogP contribution in [-0.4, -0.2) is 130 Å². The Balaban J connectivity index is 1.70.